The lowest BCUT2D eigenvalue weighted by Gasteiger charge is -2.21. The third-order valence-electron chi connectivity index (χ3n) is 2.79. The van der Waals surface area contributed by atoms with Crippen LogP contribution in [0.2, 0.25) is 0 Å². The summed E-state index contributed by atoms with van der Waals surface area (Å²) in [6.45, 7) is 1.39. The average molecular weight is 252 g/mol. The lowest BCUT2D eigenvalue weighted by molar-refractivity contribution is 0.143. The third-order valence-corrected chi connectivity index (χ3v) is 2.79. The quantitative estimate of drug-likeness (QED) is 0.743. The van der Waals surface area contributed by atoms with E-state index in [-0.39, 0.29) is 7.12 Å². The average Bonchev–Trinajstić information content (AvgIpc) is 2.46. The van der Waals surface area contributed by atoms with Crippen molar-refractivity contribution in [2.75, 3.05) is 34.5 Å². The fourth-order valence-corrected chi connectivity index (χ4v) is 1.92. The molecule has 0 amide bonds. The van der Waals surface area contributed by atoms with Crippen molar-refractivity contribution < 1.29 is 23.5 Å². The molecule has 0 N–H and O–H groups in total. The van der Waals surface area contributed by atoms with Crippen LogP contribution in [0.25, 0.3) is 0 Å². The van der Waals surface area contributed by atoms with Crippen molar-refractivity contribution in [3.05, 3.63) is 12.1 Å². The molecule has 0 aromatic heterocycles. The van der Waals surface area contributed by atoms with Crippen molar-refractivity contribution in [2.45, 2.75) is 6.42 Å². The first-order valence-corrected chi connectivity index (χ1v) is 5.83. The van der Waals surface area contributed by atoms with E-state index in [1.165, 1.54) is 0 Å². The van der Waals surface area contributed by atoms with Gasteiger partial charge in [0.05, 0.1) is 21.3 Å². The lowest BCUT2D eigenvalue weighted by Crippen LogP contribution is -2.40. The van der Waals surface area contributed by atoms with Gasteiger partial charge >= 0.3 is 7.12 Å². The highest BCUT2D eigenvalue weighted by Crippen LogP contribution is 2.35. The smallest absolute Gasteiger partial charge is 0.493 e. The van der Waals surface area contributed by atoms with Gasteiger partial charge in [0.1, 0.15) is 0 Å². The monoisotopic (exact) mass is 252 g/mol. The molecule has 0 spiro atoms. The Morgan fingerprint density at radius 1 is 0.944 bits per heavy atom. The lowest BCUT2D eigenvalue weighted by atomic mass is 9.77. The Morgan fingerprint density at radius 2 is 1.50 bits per heavy atom. The Hall–Kier alpha value is -1.40. The van der Waals surface area contributed by atoms with Gasteiger partial charge in [-0.25, -0.2) is 0 Å². The van der Waals surface area contributed by atoms with E-state index in [2.05, 4.69) is 0 Å². The molecule has 1 fully saturated rings. The number of ether oxygens (including phenoxy) is 3. The maximum absolute atomic E-state index is 5.56. The van der Waals surface area contributed by atoms with Crippen molar-refractivity contribution in [1.29, 1.82) is 0 Å². The molecule has 5 nitrogen and oxygen atoms in total. The Kier molecular flexibility index (Phi) is 4.33. The van der Waals surface area contributed by atoms with Gasteiger partial charge in [0.2, 0.25) is 5.75 Å². The van der Waals surface area contributed by atoms with E-state index >= 15 is 0 Å². The van der Waals surface area contributed by atoms with Gasteiger partial charge in [-0.15, -0.1) is 0 Å². The van der Waals surface area contributed by atoms with E-state index in [0.717, 1.165) is 11.9 Å². The van der Waals surface area contributed by atoms with Gasteiger partial charge in [0, 0.05) is 13.2 Å². The Labute approximate surface area is 107 Å². The topological polar surface area (TPSA) is 46.2 Å². The Morgan fingerprint density at radius 3 is 1.94 bits per heavy atom. The predicted molar refractivity (Wildman–Crippen MR) is 68.0 cm³/mol. The Balaban J connectivity index is 2.35. The van der Waals surface area contributed by atoms with Crippen LogP contribution in [-0.4, -0.2) is 41.7 Å². The third kappa shape index (κ3) is 2.54. The predicted octanol–water partition coefficient (Wildman–Crippen LogP) is 0.844. The molecule has 1 aromatic carbocycles. The van der Waals surface area contributed by atoms with Crippen LogP contribution in [0.15, 0.2) is 12.1 Å². The van der Waals surface area contributed by atoms with Crippen LogP contribution in [0, 0.1) is 0 Å². The molecular weight excluding hydrogens is 235 g/mol. The zero-order valence-electron chi connectivity index (χ0n) is 10.9. The minimum absolute atomic E-state index is 0.368. The fraction of sp³-hybridized carbons (Fsp3) is 0.500. The molecule has 0 atom stereocenters. The molecule has 1 aliphatic rings. The first-order chi connectivity index (χ1) is 8.80. The summed E-state index contributed by atoms with van der Waals surface area (Å²) >= 11 is 0. The SMILES string of the molecule is COc1cc(B2OCCCO2)cc(OC)c1OC. The van der Waals surface area contributed by atoms with E-state index in [0.29, 0.717) is 30.5 Å². The zero-order valence-corrected chi connectivity index (χ0v) is 10.9. The molecule has 1 heterocycles. The molecule has 0 radical (unpaired) electrons. The van der Waals surface area contributed by atoms with Gasteiger partial charge in [-0.1, -0.05) is 0 Å². The van der Waals surface area contributed by atoms with Crippen LogP contribution in [0.5, 0.6) is 17.2 Å². The summed E-state index contributed by atoms with van der Waals surface area (Å²) in [4.78, 5) is 0. The highest BCUT2D eigenvalue weighted by molar-refractivity contribution is 6.61. The molecule has 18 heavy (non-hydrogen) atoms. The highest BCUT2D eigenvalue weighted by Gasteiger charge is 2.27. The van der Waals surface area contributed by atoms with Crippen LogP contribution in [0.3, 0.4) is 0 Å². The molecule has 1 aliphatic heterocycles. The molecule has 0 unspecified atom stereocenters. The summed E-state index contributed by atoms with van der Waals surface area (Å²) in [6.07, 6.45) is 0.918. The van der Waals surface area contributed by atoms with Crippen LogP contribution < -0.4 is 19.7 Å². The second-order valence-electron chi connectivity index (χ2n) is 3.89. The first-order valence-electron chi connectivity index (χ1n) is 5.83. The zero-order chi connectivity index (χ0) is 13.0. The minimum atomic E-state index is -0.368. The maximum atomic E-state index is 5.56. The fourth-order valence-electron chi connectivity index (χ4n) is 1.92. The highest BCUT2D eigenvalue weighted by atomic mass is 16.6. The standard InChI is InChI=1S/C12H17BO5/c1-14-10-7-9(13-17-5-4-6-18-13)8-11(15-2)12(10)16-3/h7-8H,4-6H2,1-3H3. The summed E-state index contributed by atoms with van der Waals surface area (Å²) < 4.78 is 27.0. The van der Waals surface area contributed by atoms with Crippen LogP contribution in [-0.2, 0) is 9.31 Å². The van der Waals surface area contributed by atoms with Crippen molar-refractivity contribution in [3.63, 3.8) is 0 Å². The Bertz CT molecular complexity index is 378. The molecular formula is C12H17BO5. The number of rotatable bonds is 4. The van der Waals surface area contributed by atoms with E-state index in [4.69, 9.17) is 23.5 Å². The van der Waals surface area contributed by atoms with Gasteiger partial charge in [0.25, 0.3) is 0 Å². The maximum Gasteiger partial charge on any atom is 0.494 e. The van der Waals surface area contributed by atoms with Crippen molar-refractivity contribution in [3.8, 4) is 17.2 Å². The molecule has 0 saturated carbocycles. The summed E-state index contributed by atoms with van der Waals surface area (Å²) in [5.41, 5.74) is 0.865. The van der Waals surface area contributed by atoms with E-state index in [9.17, 15) is 0 Å². The summed E-state index contributed by atoms with van der Waals surface area (Å²) in [6, 6.07) is 3.69. The molecule has 98 valence electrons. The van der Waals surface area contributed by atoms with Crippen molar-refractivity contribution in [2.24, 2.45) is 0 Å². The van der Waals surface area contributed by atoms with Gasteiger partial charge in [-0.2, -0.15) is 0 Å². The first kappa shape index (κ1) is 13.0. The van der Waals surface area contributed by atoms with Crippen molar-refractivity contribution >= 4 is 12.6 Å². The van der Waals surface area contributed by atoms with Crippen LogP contribution >= 0.6 is 0 Å². The molecule has 1 aromatic rings. The molecule has 0 aliphatic carbocycles. The normalized spacial score (nSPS) is 15.4. The number of hydrogen-bond acceptors (Lipinski definition) is 5. The summed E-state index contributed by atoms with van der Waals surface area (Å²) in [5.74, 6) is 1.77. The van der Waals surface area contributed by atoms with E-state index in [1.54, 1.807) is 21.3 Å². The molecule has 2 rings (SSSR count). The molecule has 6 heteroatoms. The number of benzene rings is 1. The second kappa shape index (κ2) is 5.97. The van der Waals surface area contributed by atoms with Crippen LogP contribution in [0.1, 0.15) is 6.42 Å². The molecule has 0 bridgehead atoms. The molecule has 1 saturated heterocycles. The van der Waals surface area contributed by atoms with Crippen molar-refractivity contribution in [1.82, 2.24) is 0 Å². The summed E-state index contributed by atoms with van der Waals surface area (Å²) in [7, 11) is 4.38. The van der Waals surface area contributed by atoms with Crippen LogP contribution in [0.4, 0.5) is 0 Å². The van der Waals surface area contributed by atoms with Gasteiger partial charge in [-0.3, -0.25) is 0 Å². The second-order valence-corrected chi connectivity index (χ2v) is 3.89. The van der Waals surface area contributed by atoms with E-state index < -0.39 is 0 Å². The summed E-state index contributed by atoms with van der Waals surface area (Å²) in [5, 5.41) is 0. The van der Waals surface area contributed by atoms with Gasteiger partial charge in [0.15, 0.2) is 11.5 Å². The number of hydrogen-bond donors (Lipinski definition) is 0. The van der Waals surface area contributed by atoms with Gasteiger partial charge < -0.3 is 23.5 Å². The van der Waals surface area contributed by atoms with E-state index in [1.807, 2.05) is 12.1 Å². The van der Waals surface area contributed by atoms with Gasteiger partial charge in [-0.05, 0) is 24.0 Å². The number of methoxy groups -OCH3 is 3. The largest absolute Gasteiger partial charge is 0.494 e. The minimum Gasteiger partial charge on any atom is -0.493 e.